The summed E-state index contributed by atoms with van der Waals surface area (Å²) < 4.78 is 14.4. The van der Waals surface area contributed by atoms with E-state index in [0.29, 0.717) is 23.5 Å². The fraction of sp³-hybridized carbons (Fsp3) is 0.296. The summed E-state index contributed by atoms with van der Waals surface area (Å²) in [6.07, 6.45) is 10.0. The van der Waals surface area contributed by atoms with Gasteiger partial charge in [0.15, 0.2) is 0 Å². The SMILES string of the molecule is CC1CCCCC1n1nnnc1-c1[c-]con1.Cn1ccnc1-c1[c-]cc2oc3ccccc3c2c1.[Ir]. The van der Waals surface area contributed by atoms with Gasteiger partial charge in [0.1, 0.15) is 5.58 Å². The molecule has 1 radical (unpaired) electrons. The van der Waals surface area contributed by atoms with Crippen LogP contribution >= 0.6 is 0 Å². The third-order valence-electron chi connectivity index (χ3n) is 6.85. The number of para-hydroxylation sites is 1. The van der Waals surface area contributed by atoms with Gasteiger partial charge in [-0.3, -0.25) is 9.67 Å². The number of nitrogens with zero attached hydrogens (tertiary/aromatic N) is 7. The maximum absolute atomic E-state index is 5.80. The standard InChI is InChI=1S/C16H11N2O.C11H14N5O.Ir/c1-18-9-8-17-16(18)11-6-7-15-13(10-11)12-4-2-3-5-14(12)19-15;1-8-4-2-3-5-10(8)16-11(12-14-15-16)9-6-7-17-13-9;/h2-5,7-10H,1H3;7-8,10H,2-5H2,1H3;/q2*-1;. The average molecular weight is 672 g/mol. The van der Waals surface area contributed by atoms with Crippen LogP contribution in [0.4, 0.5) is 0 Å². The van der Waals surface area contributed by atoms with Crippen LogP contribution in [0, 0.1) is 18.1 Å². The van der Waals surface area contributed by atoms with Gasteiger partial charge in [0.25, 0.3) is 0 Å². The number of furan rings is 1. The maximum atomic E-state index is 5.80. The zero-order valence-electron chi connectivity index (χ0n) is 20.5. The first kappa shape index (κ1) is 25.0. The van der Waals surface area contributed by atoms with Gasteiger partial charge in [0.05, 0.1) is 11.4 Å². The number of tetrazole rings is 1. The quantitative estimate of drug-likeness (QED) is 0.224. The van der Waals surface area contributed by atoms with E-state index >= 15 is 0 Å². The Morgan fingerprint density at radius 1 is 1.03 bits per heavy atom. The minimum Gasteiger partial charge on any atom is -0.500 e. The molecule has 9 nitrogen and oxygen atoms in total. The van der Waals surface area contributed by atoms with Gasteiger partial charge < -0.3 is 13.5 Å². The van der Waals surface area contributed by atoms with Crippen molar-refractivity contribution >= 4 is 21.9 Å². The Bertz CT molecular complexity index is 1600. The molecule has 2 atom stereocenters. The van der Waals surface area contributed by atoms with Crippen molar-refractivity contribution in [2.45, 2.75) is 38.6 Å². The normalized spacial score (nSPS) is 17.4. The van der Waals surface area contributed by atoms with Crippen LogP contribution in [-0.2, 0) is 27.2 Å². The van der Waals surface area contributed by atoms with E-state index < -0.39 is 0 Å². The molecule has 0 amide bonds. The van der Waals surface area contributed by atoms with Gasteiger partial charge in [-0.1, -0.05) is 48.6 Å². The summed E-state index contributed by atoms with van der Waals surface area (Å²) in [6.45, 7) is 2.25. The molecule has 4 aromatic heterocycles. The topological polar surface area (TPSA) is 101 Å². The summed E-state index contributed by atoms with van der Waals surface area (Å²) in [5.41, 5.74) is 3.32. The molecule has 1 fully saturated rings. The Kier molecular flexibility index (Phi) is 7.30. The smallest absolute Gasteiger partial charge is 0.120 e. The summed E-state index contributed by atoms with van der Waals surface area (Å²) in [5, 5.41) is 17.9. The van der Waals surface area contributed by atoms with Crippen LogP contribution in [0.25, 0.3) is 44.8 Å². The maximum Gasteiger partial charge on any atom is 0.120 e. The first-order valence-electron chi connectivity index (χ1n) is 12.1. The summed E-state index contributed by atoms with van der Waals surface area (Å²) in [7, 11) is 1.98. The van der Waals surface area contributed by atoms with Gasteiger partial charge in [0, 0.05) is 63.1 Å². The van der Waals surface area contributed by atoms with Crippen molar-refractivity contribution in [2.75, 3.05) is 0 Å². The first-order chi connectivity index (χ1) is 17.7. The predicted octanol–water partition coefficient (Wildman–Crippen LogP) is 5.66. The van der Waals surface area contributed by atoms with Crippen LogP contribution in [-0.4, -0.2) is 34.9 Å². The third kappa shape index (κ3) is 4.86. The zero-order chi connectivity index (χ0) is 24.5. The molecule has 1 aliphatic carbocycles. The van der Waals surface area contributed by atoms with E-state index in [9.17, 15) is 0 Å². The molecule has 0 aliphatic heterocycles. The van der Waals surface area contributed by atoms with Gasteiger partial charge >= 0.3 is 0 Å². The number of hydrogen-bond acceptors (Lipinski definition) is 7. The molecule has 37 heavy (non-hydrogen) atoms. The predicted molar refractivity (Wildman–Crippen MR) is 134 cm³/mol. The molecule has 7 rings (SSSR count). The van der Waals surface area contributed by atoms with E-state index in [1.165, 1.54) is 25.5 Å². The number of imidazole rings is 1. The van der Waals surface area contributed by atoms with Crippen molar-refractivity contribution in [1.82, 2.24) is 34.9 Å². The van der Waals surface area contributed by atoms with Crippen LogP contribution in [0.15, 0.2) is 64.0 Å². The van der Waals surface area contributed by atoms with E-state index in [0.717, 1.165) is 39.7 Å². The second-order valence-electron chi connectivity index (χ2n) is 9.17. The summed E-state index contributed by atoms with van der Waals surface area (Å²) in [5.74, 6) is 2.16. The second-order valence-corrected chi connectivity index (χ2v) is 9.17. The van der Waals surface area contributed by atoms with Crippen molar-refractivity contribution in [3.8, 4) is 22.9 Å². The fourth-order valence-electron chi connectivity index (χ4n) is 4.95. The molecule has 0 spiro atoms. The molecule has 6 aromatic rings. The number of fused-ring (bicyclic) bond motifs is 3. The van der Waals surface area contributed by atoms with Gasteiger partial charge in [-0.15, -0.1) is 28.9 Å². The van der Waals surface area contributed by atoms with Gasteiger partial charge in [-0.25, -0.2) is 5.10 Å². The van der Waals surface area contributed by atoms with Crippen LogP contribution in [0.3, 0.4) is 0 Å². The van der Waals surface area contributed by atoms with Gasteiger partial charge in [0.2, 0.25) is 0 Å². The first-order valence-corrected chi connectivity index (χ1v) is 12.1. The van der Waals surface area contributed by atoms with Crippen molar-refractivity contribution in [3.63, 3.8) is 0 Å². The number of aromatic nitrogens is 7. The number of benzene rings is 2. The van der Waals surface area contributed by atoms with Crippen molar-refractivity contribution in [2.24, 2.45) is 13.0 Å². The third-order valence-corrected chi connectivity index (χ3v) is 6.85. The molecule has 0 saturated heterocycles. The minimum absolute atomic E-state index is 0. The Morgan fingerprint density at radius 3 is 2.68 bits per heavy atom. The molecule has 0 N–H and O–H groups in total. The summed E-state index contributed by atoms with van der Waals surface area (Å²) >= 11 is 0. The number of aryl methyl sites for hydroxylation is 1. The Labute approximate surface area is 227 Å². The molecule has 2 aromatic carbocycles. The second kappa shape index (κ2) is 10.8. The van der Waals surface area contributed by atoms with E-state index in [1.54, 1.807) is 6.20 Å². The number of hydrogen-bond donors (Lipinski definition) is 0. The Balaban J connectivity index is 0.000000148. The van der Waals surface area contributed by atoms with Crippen LogP contribution < -0.4 is 0 Å². The molecule has 1 aliphatic rings. The number of rotatable bonds is 3. The summed E-state index contributed by atoms with van der Waals surface area (Å²) in [6, 6.07) is 18.5. The van der Waals surface area contributed by atoms with Gasteiger partial charge in [-0.05, 0) is 35.7 Å². The van der Waals surface area contributed by atoms with Crippen LogP contribution in [0.2, 0.25) is 0 Å². The van der Waals surface area contributed by atoms with Gasteiger partial charge in [-0.2, -0.15) is 6.07 Å². The Hall–Kier alpha value is -3.62. The van der Waals surface area contributed by atoms with Crippen LogP contribution in [0.5, 0.6) is 0 Å². The molecule has 10 heteroatoms. The van der Waals surface area contributed by atoms with E-state index in [4.69, 9.17) is 8.94 Å². The monoisotopic (exact) mass is 672 g/mol. The summed E-state index contributed by atoms with van der Waals surface area (Å²) in [4.78, 5) is 4.36. The van der Waals surface area contributed by atoms with Crippen molar-refractivity contribution in [1.29, 1.82) is 0 Å². The molecule has 2 unspecified atom stereocenters. The molecular formula is C27H25IrN7O2-2. The minimum atomic E-state index is 0. The molecular weight excluding hydrogens is 647 g/mol. The van der Waals surface area contributed by atoms with Crippen LogP contribution in [0.1, 0.15) is 38.6 Å². The van der Waals surface area contributed by atoms with E-state index in [-0.39, 0.29) is 20.1 Å². The van der Waals surface area contributed by atoms with Crippen molar-refractivity contribution < 1.29 is 29.0 Å². The molecule has 0 bridgehead atoms. The fourth-order valence-corrected chi connectivity index (χ4v) is 4.95. The zero-order valence-corrected chi connectivity index (χ0v) is 22.9. The average Bonchev–Trinajstić information content (AvgIpc) is 3.70. The molecule has 4 heterocycles. The molecule has 191 valence electrons. The Morgan fingerprint density at radius 2 is 1.89 bits per heavy atom. The largest absolute Gasteiger partial charge is 0.500 e. The van der Waals surface area contributed by atoms with E-state index in [2.05, 4.69) is 56.9 Å². The molecule has 1 saturated carbocycles. The van der Waals surface area contributed by atoms with Crippen molar-refractivity contribution in [3.05, 3.63) is 67.2 Å². The van der Waals surface area contributed by atoms with E-state index in [1.807, 2.05) is 46.8 Å².